The van der Waals surface area contributed by atoms with E-state index in [9.17, 15) is 0 Å². The number of hydrogen-bond donors (Lipinski definition) is 1. The van der Waals surface area contributed by atoms with Crippen LogP contribution in [0.5, 0.6) is 0 Å². The van der Waals surface area contributed by atoms with Crippen molar-refractivity contribution in [3.63, 3.8) is 0 Å². The summed E-state index contributed by atoms with van der Waals surface area (Å²) in [6.45, 7) is 5.21. The first kappa shape index (κ1) is 14.1. The third-order valence-corrected chi connectivity index (χ3v) is 3.57. The first-order valence-corrected chi connectivity index (χ1v) is 7.05. The summed E-state index contributed by atoms with van der Waals surface area (Å²) < 4.78 is 0. The van der Waals surface area contributed by atoms with E-state index in [4.69, 9.17) is 11.6 Å². The zero-order valence-electron chi connectivity index (χ0n) is 11.5. The molecule has 1 nitrogen and oxygen atoms in total. The lowest BCUT2D eigenvalue weighted by Gasteiger charge is -2.15. The molecule has 19 heavy (non-hydrogen) atoms. The second kappa shape index (κ2) is 6.74. The van der Waals surface area contributed by atoms with E-state index in [2.05, 4.69) is 55.6 Å². The molecule has 0 radical (unpaired) electrons. The van der Waals surface area contributed by atoms with Gasteiger partial charge in [0.25, 0.3) is 0 Å². The average Bonchev–Trinajstić information content (AvgIpc) is 2.39. The summed E-state index contributed by atoms with van der Waals surface area (Å²) in [6.07, 6.45) is 1.05. The maximum absolute atomic E-state index is 5.97. The number of halogens is 1. The highest BCUT2D eigenvalue weighted by molar-refractivity contribution is 6.30. The van der Waals surface area contributed by atoms with E-state index in [1.807, 2.05) is 12.1 Å². The van der Waals surface area contributed by atoms with Crippen LogP contribution < -0.4 is 5.32 Å². The van der Waals surface area contributed by atoms with Crippen molar-refractivity contribution in [3.05, 3.63) is 70.2 Å². The Bertz CT molecular complexity index is 522. The molecule has 0 heterocycles. The number of rotatable bonds is 5. The second-order valence-corrected chi connectivity index (χ2v) is 5.48. The van der Waals surface area contributed by atoms with Crippen LogP contribution in [-0.4, -0.2) is 6.04 Å². The number of nitrogens with one attached hydrogen (secondary N) is 1. The zero-order chi connectivity index (χ0) is 13.7. The van der Waals surface area contributed by atoms with Crippen molar-refractivity contribution in [3.8, 4) is 0 Å². The van der Waals surface area contributed by atoms with Gasteiger partial charge in [0, 0.05) is 17.6 Å². The highest BCUT2D eigenvalue weighted by atomic mass is 35.5. The molecule has 0 aliphatic heterocycles. The summed E-state index contributed by atoms with van der Waals surface area (Å²) in [4.78, 5) is 0. The highest BCUT2D eigenvalue weighted by Gasteiger charge is 2.04. The first-order valence-electron chi connectivity index (χ1n) is 6.67. The lowest BCUT2D eigenvalue weighted by atomic mass is 10.1. The van der Waals surface area contributed by atoms with Crippen LogP contribution in [-0.2, 0) is 13.0 Å². The van der Waals surface area contributed by atoms with E-state index in [1.165, 1.54) is 16.7 Å². The molecule has 0 fully saturated rings. The van der Waals surface area contributed by atoms with Gasteiger partial charge in [-0.05, 0) is 49.1 Å². The Balaban J connectivity index is 1.88. The Morgan fingerprint density at radius 3 is 2.53 bits per heavy atom. The molecule has 1 atom stereocenters. The van der Waals surface area contributed by atoms with E-state index in [0.717, 1.165) is 18.0 Å². The lowest BCUT2D eigenvalue weighted by molar-refractivity contribution is 0.544. The van der Waals surface area contributed by atoms with Gasteiger partial charge >= 0.3 is 0 Å². The van der Waals surface area contributed by atoms with Crippen LogP contribution in [0, 0.1) is 6.92 Å². The van der Waals surface area contributed by atoms with E-state index in [-0.39, 0.29) is 0 Å². The highest BCUT2D eigenvalue weighted by Crippen LogP contribution is 2.15. The predicted octanol–water partition coefficient (Wildman–Crippen LogP) is 4.37. The van der Waals surface area contributed by atoms with Gasteiger partial charge < -0.3 is 5.32 Å². The molecule has 0 amide bonds. The molecule has 2 heteroatoms. The van der Waals surface area contributed by atoms with Crippen LogP contribution >= 0.6 is 11.6 Å². The summed E-state index contributed by atoms with van der Waals surface area (Å²) in [5.41, 5.74) is 3.92. The monoisotopic (exact) mass is 273 g/mol. The van der Waals surface area contributed by atoms with Crippen LogP contribution in [0.15, 0.2) is 48.5 Å². The lowest BCUT2D eigenvalue weighted by Crippen LogP contribution is -2.27. The molecule has 0 aliphatic rings. The van der Waals surface area contributed by atoms with Gasteiger partial charge in [-0.1, -0.05) is 48.0 Å². The van der Waals surface area contributed by atoms with Gasteiger partial charge in [0.2, 0.25) is 0 Å². The Hall–Kier alpha value is -1.31. The standard InChI is InChI=1S/C17H20ClN/c1-13-10-17(18)9-8-16(13)12-19-14(2)11-15-6-4-3-5-7-15/h3-10,14,19H,11-12H2,1-2H3. The molecule has 2 rings (SSSR count). The molecule has 0 saturated carbocycles. The van der Waals surface area contributed by atoms with E-state index < -0.39 is 0 Å². The molecule has 100 valence electrons. The van der Waals surface area contributed by atoms with Crippen molar-refractivity contribution in [1.29, 1.82) is 0 Å². The largest absolute Gasteiger partial charge is 0.310 e. The van der Waals surface area contributed by atoms with Crippen LogP contribution in [0.25, 0.3) is 0 Å². The van der Waals surface area contributed by atoms with Crippen molar-refractivity contribution in [2.45, 2.75) is 32.9 Å². The minimum absolute atomic E-state index is 0.456. The van der Waals surface area contributed by atoms with Gasteiger partial charge in [0.15, 0.2) is 0 Å². The molecule has 1 N–H and O–H groups in total. The van der Waals surface area contributed by atoms with E-state index in [0.29, 0.717) is 6.04 Å². The molecule has 2 aromatic rings. The molecule has 1 unspecified atom stereocenters. The van der Waals surface area contributed by atoms with Crippen molar-refractivity contribution in [2.75, 3.05) is 0 Å². The maximum atomic E-state index is 5.97. The predicted molar refractivity (Wildman–Crippen MR) is 82.6 cm³/mol. The summed E-state index contributed by atoms with van der Waals surface area (Å²) in [5.74, 6) is 0. The SMILES string of the molecule is Cc1cc(Cl)ccc1CNC(C)Cc1ccccc1. The normalized spacial score (nSPS) is 12.4. The minimum Gasteiger partial charge on any atom is -0.310 e. The fraction of sp³-hybridized carbons (Fsp3) is 0.294. The molecule has 0 bridgehead atoms. The summed E-state index contributed by atoms with van der Waals surface area (Å²) >= 11 is 5.97. The number of aryl methyl sites for hydroxylation is 1. The van der Waals surface area contributed by atoms with Gasteiger partial charge in [0.1, 0.15) is 0 Å². The zero-order valence-corrected chi connectivity index (χ0v) is 12.2. The van der Waals surface area contributed by atoms with Gasteiger partial charge in [-0.2, -0.15) is 0 Å². The van der Waals surface area contributed by atoms with Crippen molar-refractivity contribution in [2.24, 2.45) is 0 Å². The minimum atomic E-state index is 0.456. The Morgan fingerprint density at radius 2 is 1.84 bits per heavy atom. The van der Waals surface area contributed by atoms with Crippen molar-refractivity contribution < 1.29 is 0 Å². The topological polar surface area (TPSA) is 12.0 Å². The fourth-order valence-electron chi connectivity index (χ4n) is 2.18. The smallest absolute Gasteiger partial charge is 0.0408 e. The van der Waals surface area contributed by atoms with Gasteiger partial charge in [-0.3, -0.25) is 0 Å². The molecular weight excluding hydrogens is 254 g/mol. The molecule has 2 aromatic carbocycles. The number of hydrogen-bond acceptors (Lipinski definition) is 1. The number of benzene rings is 2. The molecule has 0 aromatic heterocycles. The molecule has 0 spiro atoms. The second-order valence-electron chi connectivity index (χ2n) is 5.04. The summed E-state index contributed by atoms with van der Waals surface area (Å²) in [5, 5.41) is 4.37. The van der Waals surface area contributed by atoms with Gasteiger partial charge in [0.05, 0.1) is 0 Å². The summed E-state index contributed by atoms with van der Waals surface area (Å²) in [6, 6.07) is 17.1. The first-order chi connectivity index (χ1) is 9.15. The fourth-order valence-corrected chi connectivity index (χ4v) is 2.41. The maximum Gasteiger partial charge on any atom is 0.0408 e. The van der Waals surface area contributed by atoms with Crippen LogP contribution in [0.3, 0.4) is 0 Å². The van der Waals surface area contributed by atoms with E-state index in [1.54, 1.807) is 0 Å². The van der Waals surface area contributed by atoms with Crippen LogP contribution in [0.4, 0.5) is 0 Å². The third-order valence-electron chi connectivity index (χ3n) is 3.33. The summed E-state index contributed by atoms with van der Waals surface area (Å²) in [7, 11) is 0. The Labute approximate surface area is 120 Å². The quantitative estimate of drug-likeness (QED) is 0.853. The van der Waals surface area contributed by atoms with Gasteiger partial charge in [-0.25, -0.2) is 0 Å². The van der Waals surface area contributed by atoms with Gasteiger partial charge in [-0.15, -0.1) is 0 Å². The molecular formula is C17H20ClN. The van der Waals surface area contributed by atoms with E-state index >= 15 is 0 Å². The Kier molecular flexibility index (Phi) is 5.00. The Morgan fingerprint density at radius 1 is 1.11 bits per heavy atom. The van der Waals surface area contributed by atoms with Crippen LogP contribution in [0.1, 0.15) is 23.6 Å². The van der Waals surface area contributed by atoms with Crippen molar-refractivity contribution >= 4 is 11.6 Å². The van der Waals surface area contributed by atoms with Crippen LogP contribution in [0.2, 0.25) is 5.02 Å². The molecule has 0 aliphatic carbocycles. The van der Waals surface area contributed by atoms with Crippen molar-refractivity contribution in [1.82, 2.24) is 5.32 Å². The average molecular weight is 274 g/mol. The molecule has 0 saturated heterocycles. The third kappa shape index (κ3) is 4.38.